The highest BCUT2D eigenvalue weighted by molar-refractivity contribution is 5.73. The minimum absolute atomic E-state index is 0.0629. The van der Waals surface area contributed by atoms with E-state index in [4.69, 9.17) is 9.47 Å². The van der Waals surface area contributed by atoms with Gasteiger partial charge in [-0.2, -0.15) is 4.98 Å². The van der Waals surface area contributed by atoms with E-state index in [2.05, 4.69) is 15.3 Å². The molecule has 33 heavy (non-hydrogen) atoms. The maximum atomic E-state index is 14.6. The second kappa shape index (κ2) is 10.3. The zero-order valence-electron chi connectivity index (χ0n) is 19.5. The molecule has 2 saturated heterocycles. The summed E-state index contributed by atoms with van der Waals surface area (Å²) in [4.78, 5) is 23.8. The lowest BCUT2D eigenvalue weighted by molar-refractivity contribution is -0.119. The predicted octanol–water partition coefficient (Wildman–Crippen LogP) is 3.09. The first-order chi connectivity index (χ1) is 15.9. The molecule has 178 valence electrons. The van der Waals surface area contributed by atoms with E-state index in [1.54, 1.807) is 0 Å². The number of rotatable bonds is 8. The molecule has 0 spiro atoms. The van der Waals surface area contributed by atoms with Crippen LogP contribution < -0.4 is 19.9 Å². The normalized spacial score (nSPS) is 21.2. The number of nitrogens with one attached hydrogen (secondary N) is 1. The second-order valence-corrected chi connectivity index (χ2v) is 8.82. The van der Waals surface area contributed by atoms with Crippen LogP contribution >= 0.6 is 0 Å². The summed E-state index contributed by atoms with van der Waals surface area (Å²) in [5.41, 5.74) is 1.01. The van der Waals surface area contributed by atoms with Crippen LogP contribution in [0.15, 0.2) is 30.5 Å². The van der Waals surface area contributed by atoms with E-state index in [0.717, 1.165) is 37.2 Å². The Morgan fingerprint density at radius 1 is 1.36 bits per heavy atom. The van der Waals surface area contributed by atoms with Gasteiger partial charge in [-0.3, -0.25) is 4.79 Å². The summed E-state index contributed by atoms with van der Waals surface area (Å²) >= 11 is 0. The maximum absolute atomic E-state index is 14.6. The minimum Gasteiger partial charge on any atom is -0.489 e. The minimum atomic E-state index is -0.429. The van der Waals surface area contributed by atoms with Crippen molar-refractivity contribution in [1.82, 2.24) is 15.3 Å². The molecule has 2 aliphatic rings. The summed E-state index contributed by atoms with van der Waals surface area (Å²) < 4.78 is 26.4. The number of nitrogens with zero attached hydrogens (tertiary/aromatic N) is 4. The van der Waals surface area contributed by atoms with Crippen LogP contribution in [0.25, 0.3) is 0 Å². The van der Waals surface area contributed by atoms with Crippen LogP contribution in [0, 0.1) is 5.82 Å². The van der Waals surface area contributed by atoms with E-state index < -0.39 is 5.82 Å². The molecule has 3 atom stereocenters. The smallest absolute Gasteiger partial charge is 0.227 e. The number of benzene rings is 1. The lowest BCUT2D eigenvalue weighted by atomic mass is 10.1. The molecule has 2 fully saturated rings. The van der Waals surface area contributed by atoms with Gasteiger partial charge in [0.1, 0.15) is 11.9 Å². The Labute approximate surface area is 194 Å². The van der Waals surface area contributed by atoms with E-state index in [1.807, 2.05) is 48.0 Å². The SMILES string of the molecule is CC(=O)N[C@@H](C)c1ccc(O[C@@H]2CCN(c3nc(N(C)C[C@@H]4CCCO4)ncc3F)C2)cc1. The molecule has 0 radical (unpaired) electrons. The quantitative estimate of drug-likeness (QED) is 0.653. The molecule has 1 aromatic carbocycles. The summed E-state index contributed by atoms with van der Waals surface area (Å²) in [5, 5.41) is 2.87. The fourth-order valence-corrected chi connectivity index (χ4v) is 4.36. The van der Waals surface area contributed by atoms with Gasteiger partial charge in [0.15, 0.2) is 11.6 Å². The van der Waals surface area contributed by atoms with Crippen LogP contribution in [0.2, 0.25) is 0 Å². The molecule has 9 heteroatoms. The zero-order chi connectivity index (χ0) is 23.4. The first-order valence-electron chi connectivity index (χ1n) is 11.5. The Balaban J connectivity index is 1.36. The molecule has 0 saturated carbocycles. The van der Waals surface area contributed by atoms with Crippen molar-refractivity contribution < 1.29 is 18.7 Å². The van der Waals surface area contributed by atoms with Crippen LogP contribution in [0.1, 0.15) is 44.7 Å². The van der Waals surface area contributed by atoms with Crippen molar-refractivity contribution in [2.24, 2.45) is 0 Å². The number of hydrogen-bond donors (Lipinski definition) is 1. The monoisotopic (exact) mass is 457 g/mol. The van der Waals surface area contributed by atoms with Crippen LogP contribution in [0.4, 0.5) is 16.2 Å². The van der Waals surface area contributed by atoms with E-state index in [9.17, 15) is 9.18 Å². The van der Waals surface area contributed by atoms with Gasteiger partial charge in [0.05, 0.1) is 24.9 Å². The zero-order valence-corrected chi connectivity index (χ0v) is 19.5. The predicted molar refractivity (Wildman–Crippen MR) is 124 cm³/mol. The van der Waals surface area contributed by atoms with Crippen LogP contribution in [0.5, 0.6) is 5.75 Å². The van der Waals surface area contributed by atoms with E-state index in [1.165, 1.54) is 13.1 Å². The maximum Gasteiger partial charge on any atom is 0.227 e. The van der Waals surface area contributed by atoms with Crippen molar-refractivity contribution in [3.05, 3.63) is 41.8 Å². The first kappa shape index (κ1) is 23.2. The van der Waals surface area contributed by atoms with Crippen molar-refractivity contribution in [3.8, 4) is 5.75 Å². The van der Waals surface area contributed by atoms with Gasteiger partial charge in [-0.25, -0.2) is 9.37 Å². The highest BCUT2D eigenvalue weighted by atomic mass is 19.1. The molecular weight excluding hydrogens is 425 g/mol. The van der Waals surface area contributed by atoms with Gasteiger partial charge < -0.3 is 24.6 Å². The molecule has 2 aromatic rings. The number of carbonyl (C=O) groups excluding carboxylic acids is 1. The molecule has 2 aliphatic heterocycles. The molecule has 1 N–H and O–H groups in total. The second-order valence-electron chi connectivity index (χ2n) is 8.82. The fraction of sp³-hybridized carbons (Fsp3) is 0.542. The number of anilines is 2. The van der Waals surface area contributed by atoms with E-state index in [-0.39, 0.29) is 24.2 Å². The van der Waals surface area contributed by atoms with Gasteiger partial charge in [0, 0.05) is 40.1 Å². The van der Waals surface area contributed by atoms with Crippen LogP contribution in [0.3, 0.4) is 0 Å². The number of hydrogen-bond acceptors (Lipinski definition) is 7. The summed E-state index contributed by atoms with van der Waals surface area (Å²) in [6.07, 6.45) is 4.22. The highest BCUT2D eigenvalue weighted by Crippen LogP contribution is 2.26. The Morgan fingerprint density at radius 3 is 2.85 bits per heavy atom. The number of likely N-dealkylation sites (N-methyl/N-ethyl adjacent to an activating group) is 1. The molecule has 4 rings (SSSR count). The third kappa shape index (κ3) is 5.90. The average molecular weight is 458 g/mol. The number of aromatic nitrogens is 2. The molecule has 3 heterocycles. The number of halogens is 1. The number of amides is 1. The van der Waals surface area contributed by atoms with Crippen LogP contribution in [-0.2, 0) is 9.53 Å². The lowest BCUT2D eigenvalue weighted by Crippen LogP contribution is -2.31. The lowest BCUT2D eigenvalue weighted by Gasteiger charge is -2.23. The third-order valence-electron chi connectivity index (χ3n) is 6.10. The number of ether oxygens (including phenoxy) is 2. The van der Waals surface area contributed by atoms with Gasteiger partial charge in [0.2, 0.25) is 11.9 Å². The highest BCUT2D eigenvalue weighted by Gasteiger charge is 2.28. The molecule has 1 amide bonds. The number of carbonyl (C=O) groups is 1. The van der Waals surface area contributed by atoms with Crippen LogP contribution in [-0.4, -0.2) is 61.4 Å². The van der Waals surface area contributed by atoms with Gasteiger partial charge in [-0.15, -0.1) is 0 Å². The standard InChI is InChI=1S/C24H32FN5O3/c1-16(27-17(2)31)18-6-8-19(9-7-18)33-21-10-11-30(15-21)23-22(25)13-26-24(28-23)29(3)14-20-5-4-12-32-20/h6-9,13,16,20-21H,4-5,10-12,14-15H2,1-3H3,(H,27,31)/t16-,20-,21+/m0/s1. The first-order valence-corrected chi connectivity index (χ1v) is 11.5. The van der Waals surface area contributed by atoms with Gasteiger partial charge >= 0.3 is 0 Å². The Kier molecular flexibility index (Phi) is 7.27. The summed E-state index contributed by atoms with van der Waals surface area (Å²) in [5.74, 6) is 1.06. The van der Waals surface area contributed by atoms with Gasteiger partial charge in [-0.05, 0) is 37.5 Å². The Hall–Kier alpha value is -2.94. The van der Waals surface area contributed by atoms with Crippen molar-refractivity contribution in [1.29, 1.82) is 0 Å². The molecule has 0 aliphatic carbocycles. The van der Waals surface area contributed by atoms with Gasteiger partial charge in [-0.1, -0.05) is 12.1 Å². The van der Waals surface area contributed by atoms with Gasteiger partial charge in [0.25, 0.3) is 0 Å². The molecular formula is C24H32FN5O3. The van der Waals surface area contributed by atoms with Crippen molar-refractivity contribution in [2.45, 2.75) is 51.4 Å². The topological polar surface area (TPSA) is 79.8 Å². The molecule has 8 nitrogen and oxygen atoms in total. The Morgan fingerprint density at radius 2 is 2.15 bits per heavy atom. The van der Waals surface area contributed by atoms with Crippen molar-refractivity contribution >= 4 is 17.7 Å². The largest absolute Gasteiger partial charge is 0.489 e. The molecule has 0 unspecified atom stereocenters. The Bertz CT molecular complexity index is 952. The van der Waals surface area contributed by atoms with Crippen molar-refractivity contribution in [3.63, 3.8) is 0 Å². The van der Waals surface area contributed by atoms with E-state index in [0.29, 0.717) is 31.4 Å². The van der Waals surface area contributed by atoms with Crippen molar-refractivity contribution in [2.75, 3.05) is 43.1 Å². The fourth-order valence-electron chi connectivity index (χ4n) is 4.36. The molecule has 1 aromatic heterocycles. The average Bonchev–Trinajstić information content (AvgIpc) is 3.46. The molecule has 0 bridgehead atoms. The third-order valence-corrected chi connectivity index (χ3v) is 6.10. The summed E-state index contributed by atoms with van der Waals surface area (Å²) in [6, 6.07) is 7.64. The summed E-state index contributed by atoms with van der Waals surface area (Å²) in [7, 11) is 1.91. The van der Waals surface area contributed by atoms with E-state index >= 15 is 0 Å². The summed E-state index contributed by atoms with van der Waals surface area (Å²) in [6.45, 7) is 6.13.